The molecule has 2 aliphatic heterocycles. The molecule has 3 nitrogen and oxygen atoms in total. The summed E-state index contributed by atoms with van der Waals surface area (Å²) in [5, 5.41) is 2.52. The van der Waals surface area contributed by atoms with Crippen LogP contribution in [0.15, 0.2) is 128 Å². The zero-order valence-corrected chi connectivity index (χ0v) is 22.9. The lowest BCUT2D eigenvalue weighted by Crippen LogP contribution is -2.15. The summed E-state index contributed by atoms with van der Waals surface area (Å²) in [6, 6.07) is 40.4. The Balaban J connectivity index is 1.25. The highest BCUT2D eigenvalue weighted by Gasteiger charge is 2.19. The minimum absolute atomic E-state index is 0.682. The first-order valence-electron chi connectivity index (χ1n) is 14.2. The van der Waals surface area contributed by atoms with Crippen LogP contribution >= 0.6 is 0 Å². The zero-order valence-electron chi connectivity index (χ0n) is 22.9. The summed E-state index contributed by atoms with van der Waals surface area (Å²) in [6.07, 6.45) is 10.7. The summed E-state index contributed by atoms with van der Waals surface area (Å²) in [5.74, 6) is 1.89. The normalized spacial score (nSPS) is 16.3. The van der Waals surface area contributed by atoms with Crippen LogP contribution in [0.4, 0.5) is 5.69 Å². The molecule has 0 spiro atoms. The van der Waals surface area contributed by atoms with Gasteiger partial charge in [-0.3, -0.25) is 0 Å². The standard InChI is InChI=1S/C38H31NO2/c1-2-11-34-29(8-1)9-7-10-30(34)19-16-28-17-20-33(21-18-28)39(26-31-22-24-40-37-14-5-3-12-35(31)37)27-32-23-25-41-38-15-6-4-13-36(32)38/h1-21,26-27H,22-25H2/b19-16+,31-26+,32-27+. The van der Waals surface area contributed by atoms with Gasteiger partial charge in [-0.25, -0.2) is 0 Å². The summed E-state index contributed by atoms with van der Waals surface area (Å²) < 4.78 is 11.9. The maximum atomic E-state index is 5.94. The van der Waals surface area contributed by atoms with E-state index < -0.39 is 0 Å². The van der Waals surface area contributed by atoms with Crippen molar-refractivity contribution in [3.8, 4) is 11.5 Å². The van der Waals surface area contributed by atoms with Crippen molar-refractivity contribution >= 4 is 39.8 Å². The fraction of sp³-hybridized carbons (Fsp3) is 0.105. The van der Waals surface area contributed by atoms with Crippen LogP contribution in [-0.4, -0.2) is 13.2 Å². The second kappa shape index (κ2) is 11.2. The van der Waals surface area contributed by atoms with Crippen molar-refractivity contribution in [2.24, 2.45) is 0 Å². The van der Waals surface area contributed by atoms with E-state index in [-0.39, 0.29) is 0 Å². The van der Waals surface area contributed by atoms with Gasteiger partial charge >= 0.3 is 0 Å². The Morgan fingerprint density at radius 2 is 1.12 bits per heavy atom. The maximum absolute atomic E-state index is 5.94. The highest BCUT2D eigenvalue weighted by atomic mass is 16.5. The number of ether oxygens (including phenoxy) is 2. The summed E-state index contributed by atoms with van der Waals surface area (Å²) >= 11 is 0. The zero-order chi connectivity index (χ0) is 27.4. The van der Waals surface area contributed by atoms with Crippen LogP contribution in [0, 0.1) is 0 Å². The van der Waals surface area contributed by atoms with Crippen LogP contribution in [0.3, 0.4) is 0 Å². The Morgan fingerprint density at radius 1 is 0.537 bits per heavy atom. The summed E-state index contributed by atoms with van der Waals surface area (Å²) in [6.45, 7) is 1.36. The number of para-hydroxylation sites is 2. The number of anilines is 1. The van der Waals surface area contributed by atoms with E-state index in [1.54, 1.807) is 0 Å². The summed E-state index contributed by atoms with van der Waals surface area (Å²) in [4.78, 5) is 2.27. The highest BCUT2D eigenvalue weighted by Crippen LogP contribution is 2.36. The van der Waals surface area contributed by atoms with Crippen LogP contribution in [0.1, 0.15) is 35.1 Å². The molecule has 0 N–H and O–H groups in total. The number of benzene rings is 5. The first kappa shape index (κ1) is 25.0. The molecule has 5 aromatic rings. The molecular formula is C38H31NO2. The molecule has 0 saturated carbocycles. The third kappa shape index (κ3) is 5.27. The second-order valence-electron chi connectivity index (χ2n) is 10.4. The van der Waals surface area contributed by atoms with Gasteiger partial charge in [-0.2, -0.15) is 0 Å². The van der Waals surface area contributed by atoms with E-state index in [9.17, 15) is 0 Å². The topological polar surface area (TPSA) is 21.7 Å². The molecule has 41 heavy (non-hydrogen) atoms. The van der Waals surface area contributed by atoms with Gasteiger partial charge in [-0.1, -0.05) is 103 Å². The van der Waals surface area contributed by atoms with E-state index in [0.717, 1.165) is 46.7 Å². The molecule has 0 aliphatic carbocycles. The lowest BCUT2D eigenvalue weighted by Gasteiger charge is -2.26. The van der Waals surface area contributed by atoms with E-state index in [4.69, 9.17) is 9.47 Å². The van der Waals surface area contributed by atoms with Gasteiger partial charge in [-0.15, -0.1) is 0 Å². The molecule has 200 valence electrons. The van der Waals surface area contributed by atoms with E-state index in [2.05, 4.69) is 133 Å². The van der Waals surface area contributed by atoms with Gasteiger partial charge in [-0.05, 0) is 57.3 Å². The molecule has 0 saturated heterocycles. The maximum Gasteiger partial charge on any atom is 0.126 e. The number of hydrogen-bond donors (Lipinski definition) is 0. The molecule has 7 rings (SSSR count). The number of fused-ring (bicyclic) bond motifs is 3. The quantitative estimate of drug-likeness (QED) is 0.210. The minimum Gasteiger partial charge on any atom is -0.493 e. The fourth-order valence-electron chi connectivity index (χ4n) is 5.66. The third-order valence-electron chi connectivity index (χ3n) is 7.78. The minimum atomic E-state index is 0.682. The van der Waals surface area contributed by atoms with E-state index >= 15 is 0 Å². The van der Waals surface area contributed by atoms with E-state index in [0.29, 0.717) is 13.2 Å². The van der Waals surface area contributed by atoms with Gasteiger partial charge in [0.25, 0.3) is 0 Å². The van der Waals surface area contributed by atoms with Gasteiger partial charge in [0.2, 0.25) is 0 Å². The van der Waals surface area contributed by atoms with Crippen molar-refractivity contribution in [3.05, 3.63) is 150 Å². The van der Waals surface area contributed by atoms with Gasteiger partial charge in [0.15, 0.2) is 0 Å². The van der Waals surface area contributed by atoms with Crippen LogP contribution in [-0.2, 0) is 0 Å². The molecule has 2 aliphatic rings. The lowest BCUT2D eigenvalue weighted by atomic mass is 9.99. The molecule has 0 radical (unpaired) electrons. The first-order chi connectivity index (χ1) is 20.3. The smallest absolute Gasteiger partial charge is 0.126 e. The Labute approximate surface area is 241 Å². The van der Waals surface area contributed by atoms with Crippen LogP contribution in [0.2, 0.25) is 0 Å². The molecule has 3 heteroatoms. The van der Waals surface area contributed by atoms with Gasteiger partial charge < -0.3 is 14.4 Å². The molecular weight excluding hydrogens is 502 g/mol. The molecule has 5 aromatic carbocycles. The Bertz CT molecular complexity index is 1720. The van der Waals surface area contributed by atoms with Crippen LogP contribution in [0.5, 0.6) is 11.5 Å². The third-order valence-corrected chi connectivity index (χ3v) is 7.78. The van der Waals surface area contributed by atoms with Crippen molar-refractivity contribution in [2.45, 2.75) is 12.8 Å². The lowest BCUT2D eigenvalue weighted by molar-refractivity contribution is 0.316. The van der Waals surface area contributed by atoms with Crippen molar-refractivity contribution in [3.63, 3.8) is 0 Å². The van der Waals surface area contributed by atoms with Crippen LogP contribution in [0.25, 0.3) is 34.1 Å². The highest BCUT2D eigenvalue weighted by molar-refractivity contribution is 5.93. The predicted octanol–water partition coefficient (Wildman–Crippen LogP) is 9.46. The summed E-state index contributed by atoms with van der Waals surface area (Å²) in [7, 11) is 0. The van der Waals surface area contributed by atoms with Gasteiger partial charge in [0, 0.05) is 42.1 Å². The van der Waals surface area contributed by atoms with E-state index in [1.165, 1.54) is 27.5 Å². The summed E-state index contributed by atoms with van der Waals surface area (Å²) in [5.41, 5.74) is 8.34. The van der Waals surface area contributed by atoms with Crippen molar-refractivity contribution in [1.82, 2.24) is 0 Å². The largest absolute Gasteiger partial charge is 0.493 e. The molecule has 0 aromatic heterocycles. The van der Waals surface area contributed by atoms with E-state index in [1.807, 2.05) is 12.1 Å². The molecule has 0 amide bonds. The Hall–Kier alpha value is -5.02. The van der Waals surface area contributed by atoms with Gasteiger partial charge in [0.1, 0.15) is 11.5 Å². The number of hydrogen-bond acceptors (Lipinski definition) is 3. The average Bonchev–Trinajstić information content (AvgIpc) is 3.04. The van der Waals surface area contributed by atoms with Crippen LogP contribution < -0.4 is 14.4 Å². The Kier molecular flexibility index (Phi) is 6.84. The molecule has 2 heterocycles. The average molecular weight is 534 g/mol. The molecule has 0 atom stereocenters. The first-order valence-corrected chi connectivity index (χ1v) is 14.2. The predicted molar refractivity (Wildman–Crippen MR) is 171 cm³/mol. The molecule has 0 bridgehead atoms. The number of rotatable bonds is 5. The fourth-order valence-corrected chi connectivity index (χ4v) is 5.66. The van der Waals surface area contributed by atoms with Crippen molar-refractivity contribution in [1.29, 1.82) is 0 Å². The SMILES string of the molecule is C(=C\c1cccc2ccccc12)/c1ccc(N(/C=C2\CCOc3ccccc32)/C=C2\CCOc3ccccc32)cc1. The Morgan fingerprint density at radius 3 is 1.80 bits per heavy atom. The second-order valence-corrected chi connectivity index (χ2v) is 10.4. The van der Waals surface area contributed by atoms with Crippen molar-refractivity contribution in [2.75, 3.05) is 18.1 Å². The number of nitrogens with zero attached hydrogens (tertiary/aromatic N) is 1. The molecule has 0 unspecified atom stereocenters. The monoisotopic (exact) mass is 533 g/mol. The molecule has 0 fully saturated rings. The van der Waals surface area contributed by atoms with Crippen molar-refractivity contribution < 1.29 is 9.47 Å². The van der Waals surface area contributed by atoms with Gasteiger partial charge in [0.05, 0.1) is 13.2 Å².